The molecule has 0 radical (unpaired) electrons. The number of fused-ring (bicyclic) bond motifs is 1. The van der Waals surface area contributed by atoms with E-state index in [-0.39, 0.29) is 82.5 Å². The maximum absolute atomic E-state index is 11.8. The number of rotatable bonds is 22. The van der Waals surface area contributed by atoms with E-state index < -0.39 is 20.5 Å². The first-order valence-corrected chi connectivity index (χ1v) is 22.3. The number of hydrogen-bond donors (Lipinski definition) is 1. The van der Waals surface area contributed by atoms with Gasteiger partial charge < -0.3 is 14.2 Å². The van der Waals surface area contributed by atoms with Crippen molar-refractivity contribution < 1.29 is 94.3 Å². The van der Waals surface area contributed by atoms with E-state index in [0.29, 0.717) is 23.1 Å². The summed E-state index contributed by atoms with van der Waals surface area (Å²) in [6, 6.07) is 16.8. The summed E-state index contributed by atoms with van der Waals surface area (Å²) in [5, 5.41) is 10.9. The third-order valence-corrected chi connectivity index (χ3v) is 10.4. The maximum atomic E-state index is 11.8. The van der Waals surface area contributed by atoms with Crippen molar-refractivity contribution in [2.24, 2.45) is 0 Å². The molecular weight excluding hydrogens is 743 g/mol. The van der Waals surface area contributed by atoms with Crippen molar-refractivity contribution in [3.63, 3.8) is 0 Å². The summed E-state index contributed by atoms with van der Waals surface area (Å²) < 4.78 is 69.8. The van der Waals surface area contributed by atoms with Crippen LogP contribution in [0.2, 0.25) is 0 Å². The summed E-state index contributed by atoms with van der Waals surface area (Å²) in [7, 11) is -9.00. The molecule has 0 aromatic heterocycles. The van der Waals surface area contributed by atoms with Crippen LogP contribution in [-0.4, -0.2) is 37.7 Å². The van der Waals surface area contributed by atoms with Crippen molar-refractivity contribution in [2.75, 3.05) is 6.61 Å². The molecule has 8 nitrogen and oxygen atoms in total. The van der Waals surface area contributed by atoms with Gasteiger partial charge in [-0.15, -0.1) is 0 Å². The van der Waals surface area contributed by atoms with Gasteiger partial charge in [0.2, 0.25) is 10.4 Å². The fraction of sp³-hybridized carbons (Fsp3) is 0.619. The largest absolute Gasteiger partial charge is 1.00 e. The maximum Gasteiger partial charge on any atom is 1.00 e. The second-order valence-corrected chi connectivity index (χ2v) is 16.6. The van der Waals surface area contributed by atoms with Gasteiger partial charge in [-0.1, -0.05) is 180 Å². The average molecular weight is 809 g/mol. The Morgan fingerprint density at radius 2 is 1.09 bits per heavy atom. The quantitative estimate of drug-likeness (QED) is 0.0592. The van der Waals surface area contributed by atoms with Gasteiger partial charge in [-0.05, 0) is 64.6 Å². The molecule has 0 amide bonds. The van der Waals surface area contributed by atoms with Crippen LogP contribution in [-0.2, 0) is 31.1 Å². The number of aromatic hydroxyl groups is 1. The molecule has 3 aromatic rings. The zero-order chi connectivity index (χ0) is 39.0. The van der Waals surface area contributed by atoms with Crippen LogP contribution in [0.4, 0.5) is 0 Å². The third kappa shape index (κ3) is 24.3. The van der Waals surface area contributed by atoms with Crippen LogP contribution in [0.3, 0.4) is 0 Å². The van der Waals surface area contributed by atoms with E-state index in [4.69, 9.17) is 0 Å². The van der Waals surface area contributed by atoms with E-state index in [1.54, 1.807) is 18.2 Å². The second-order valence-electron chi connectivity index (χ2n) is 14.3. The Morgan fingerprint density at radius 1 is 0.630 bits per heavy atom. The van der Waals surface area contributed by atoms with E-state index in [0.717, 1.165) is 35.8 Å². The molecule has 0 heterocycles. The van der Waals surface area contributed by atoms with Crippen molar-refractivity contribution in [1.82, 2.24) is 0 Å². The Bertz CT molecular complexity index is 1630. The predicted octanol–water partition coefficient (Wildman–Crippen LogP) is 5.68. The molecule has 296 valence electrons. The van der Waals surface area contributed by atoms with Gasteiger partial charge >= 0.3 is 59.1 Å². The summed E-state index contributed by atoms with van der Waals surface area (Å²) in [5.41, 5.74) is 2.69. The van der Waals surface area contributed by atoms with E-state index in [1.165, 1.54) is 83.5 Å². The average Bonchev–Trinajstić information content (AvgIpc) is 3.08. The molecule has 0 fully saturated rings. The Labute approximate surface area is 373 Å². The SMILES string of the molecule is CC(C)c1cc2ccccc2c(S(=O)(=O)[O-])c1C(C)C.CCCCCCCCCCCCOS(=O)(=O)[O-].CCCCCCCCc1ccccc1O.[Na+].[Na+]. The first-order valence-electron chi connectivity index (χ1n) is 19.5. The van der Waals surface area contributed by atoms with Gasteiger partial charge in [0.25, 0.3) is 0 Å². The van der Waals surface area contributed by atoms with Gasteiger partial charge in [0, 0.05) is 0 Å². The van der Waals surface area contributed by atoms with Crippen LogP contribution in [0, 0.1) is 0 Å². The number of benzene rings is 3. The fourth-order valence-corrected chi connectivity index (χ4v) is 7.66. The van der Waals surface area contributed by atoms with Gasteiger partial charge in [-0.25, -0.2) is 16.8 Å². The third-order valence-electron chi connectivity index (χ3n) is 9.04. The molecule has 0 saturated heterocycles. The van der Waals surface area contributed by atoms with E-state index in [2.05, 4.69) is 18.0 Å². The summed E-state index contributed by atoms with van der Waals surface area (Å²) in [5.74, 6) is 0.597. The van der Waals surface area contributed by atoms with Gasteiger partial charge in [0.1, 0.15) is 15.9 Å². The monoisotopic (exact) mass is 808 g/mol. The number of aryl methyl sites for hydroxylation is 1. The minimum Gasteiger partial charge on any atom is -0.744 e. The van der Waals surface area contributed by atoms with Gasteiger partial charge in [0.05, 0.1) is 11.5 Å². The molecule has 0 aliphatic heterocycles. The minimum atomic E-state index is -4.51. The number of phenolic OH excluding ortho intramolecular Hbond substituents is 1. The first-order chi connectivity index (χ1) is 24.6. The molecule has 54 heavy (non-hydrogen) atoms. The van der Waals surface area contributed by atoms with Gasteiger partial charge in [0.15, 0.2) is 0 Å². The van der Waals surface area contributed by atoms with Crippen molar-refractivity contribution in [2.45, 2.75) is 167 Å². The molecule has 0 bridgehead atoms. The van der Waals surface area contributed by atoms with E-state index in [9.17, 15) is 31.0 Å². The Balaban J connectivity index is 0. The minimum absolute atomic E-state index is 0. The van der Waals surface area contributed by atoms with Crippen molar-refractivity contribution in [3.05, 3.63) is 71.3 Å². The molecule has 0 saturated carbocycles. The molecule has 3 aromatic carbocycles. The fourth-order valence-electron chi connectivity index (χ4n) is 6.26. The van der Waals surface area contributed by atoms with Gasteiger partial charge in [-0.3, -0.25) is 4.18 Å². The number of phenols is 1. The topological polar surface area (TPSA) is 144 Å². The second kappa shape index (κ2) is 31.5. The Hall–Kier alpha value is -0.500. The van der Waals surface area contributed by atoms with Crippen molar-refractivity contribution in [3.8, 4) is 5.75 Å². The molecule has 0 spiro atoms. The van der Waals surface area contributed by atoms with Crippen LogP contribution in [0.5, 0.6) is 5.75 Å². The zero-order valence-corrected chi connectivity index (χ0v) is 40.3. The van der Waals surface area contributed by atoms with Crippen molar-refractivity contribution in [1.29, 1.82) is 0 Å². The summed E-state index contributed by atoms with van der Waals surface area (Å²) in [4.78, 5) is -0.0469. The molecule has 0 atom stereocenters. The zero-order valence-electron chi connectivity index (χ0n) is 34.7. The molecule has 12 heteroatoms. The molecule has 0 aliphatic rings. The molecule has 3 rings (SSSR count). The van der Waals surface area contributed by atoms with E-state index >= 15 is 0 Å². The smallest absolute Gasteiger partial charge is 0.744 e. The van der Waals surface area contributed by atoms with Crippen LogP contribution in [0.1, 0.15) is 173 Å². The van der Waals surface area contributed by atoms with Crippen LogP contribution >= 0.6 is 0 Å². The molecule has 0 unspecified atom stereocenters. The van der Waals surface area contributed by atoms with Crippen LogP contribution in [0.15, 0.2) is 59.5 Å². The number of unbranched alkanes of at least 4 members (excludes halogenated alkanes) is 14. The first kappa shape index (κ1) is 55.6. The van der Waals surface area contributed by atoms with Crippen molar-refractivity contribution >= 4 is 31.3 Å². The summed E-state index contributed by atoms with van der Waals surface area (Å²) in [6.07, 6.45) is 20.5. The number of para-hydroxylation sites is 1. The van der Waals surface area contributed by atoms with E-state index in [1.807, 2.05) is 64.1 Å². The predicted molar refractivity (Wildman–Crippen MR) is 213 cm³/mol. The normalized spacial score (nSPS) is 11.3. The van der Waals surface area contributed by atoms with Crippen LogP contribution in [0.25, 0.3) is 10.8 Å². The standard InChI is InChI=1S/C16H20O3S.C14H22O.C12H26O4S.2Na/c1-10(2)14-9-12-7-5-6-8-13(12)16(20(17,18)19)15(14)11(3)4;1-2-3-4-5-6-7-10-13-11-8-9-12-14(13)15;1-2-3-4-5-6-7-8-9-10-11-12-16-17(13,14)15;;/h5-11H,1-4H3,(H,17,18,19);8-9,11-12,15H,2-7,10H2,1H3;2-12H2,1H3,(H,13,14,15);;/q;;;2*+1/p-2. The summed E-state index contributed by atoms with van der Waals surface area (Å²) in [6.45, 7) is 12.3. The Morgan fingerprint density at radius 3 is 1.56 bits per heavy atom. The molecular formula is C42H66Na2O8S2. The van der Waals surface area contributed by atoms with Crippen LogP contribution < -0.4 is 59.1 Å². The Kier molecular flexibility index (Phi) is 32.4. The van der Waals surface area contributed by atoms with Gasteiger partial charge in [-0.2, -0.15) is 0 Å². The summed E-state index contributed by atoms with van der Waals surface area (Å²) >= 11 is 0. The molecule has 1 N–H and O–H groups in total. The number of hydrogen-bond acceptors (Lipinski definition) is 8. The molecule has 0 aliphatic carbocycles.